The zero-order valence-electron chi connectivity index (χ0n) is 21.0. The lowest BCUT2D eigenvalue weighted by Crippen LogP contribution is -2.39. The summed E-state index contributed by atoms with van der Waals surface area (Å²) >= 11 is 6.82. The fourth-order valence-electron chi connectivity index (χ4n) is 4.68. The average molecular weight is 523 g/mol. The van der Waals surface area contributed by atoms with Crippen molar-refractivity contribution < 1.29 is 9.53 Å². The summed E-state index contributed by atoms with van der Waals surface area (Å²) in [5, 5.41) is 9.77. The quantitative estimate of drug-likeness (QED) is 0.402. The summed E-state index contributed by atoms with van der Waals surface area (Å²) in [6.45, 7) is 8.39. The molecule has 7 nitrogen and oxygen atoms in total. The van der Waals surface area contributed by atoms with Crippen LogP contribution in [0.2, 0.25) is 0 Å². The maximum atomic E-state index is 13.4. The Bertz CT molecular complexity index is 1320. The molecule has 3 heterocycles. The van der Waals surface area contributed by atoms with Gasteiger partial charge in [0.1, 0.15) is 27.5 Å². The van der Waals surface area contributed by atoms with Crippen LogP contribution in [0, 0.1) is 24.2 Å². The van der Waals surface area contributed by atoms with Gasteiger partial charge in [-0.3, -0.25) is 19.1 Å². The van der Waals surface area contributed by atoms with Crippen molar-refractivity contribution >= 4 is 46.1 Å². The summed E-state index contributed by atoms with van der Waals surface area (Å²) in [7, 11) is 1.61. The molecule has 2 saturated heterocycles. The van der Waals surface area contributed by atoms with Crippen molar-refractivity contribution in [3.8, 4) is 11.8 Å². The first-order valence-corrected chi connectivity index (χ1v) is 13.3. The maximum Gasteiger partial charge on any atom is 0.270 e. The molecule has 0 atom stereocenters. The number of carbonyl (C=O) groups is 1. The van der Waals surface area contributed by atoms with Gasteiger partial charge in [-0.05, 0) is 61.9 Å². The van der Waals surface area contributed by atoms with E-state index in [0.29, 0.717) is 33.8 Å². The molecule has 1 aromatic carbocycles. The van der Waals surface area contributed by atoms with E-state index in [0.717, 1.165) is 48.6 Å². The van der Waals surface area contributed by atoms with Gasteiger partial charge in [-0.2, -0.15) is 5.26 Å². The van der Waals surface area contributed by atoms with E-state index in [2.05, 4.69) is 17.9 Å². The third-order valence-electron chi connectivity index (χ3n) is 6.89. The van der Waals surface area contributed by atoms with Crippen LogP contribution in [-0.2, 0) is 17.9 Å². The number of thioether (sulfide) groups is 1. The van der Waals surface area contributed by atoms with Gasteiger partial charge < -0.3 is 9.64 Å². The Labute approximate surface area is 221 Å². The Morgan fingerprint density at radius 3 is 2.47 bits per heavy atom. The molecule has 2 aromatic rings. The minimum atomic E-state index is -0.282. The summed E-state index contributed by atoms with van der Waals surface area (Å²) in [6, 6.07) is 9.63. The predicted octanol–water partition coefficient (Wildman–Crippen LogP) is 4.69. The molecule has 0 spiro atoms. The van der Waals surface area contributed by atoms with E-state index in [9.17, 15) is 14.9 Å². The number of carbonyl (C=O) groups excluding carboxylic acids is 1. The number of hydrogen-bond acceptors (Lipinski definition) is 7. The first-order chi connectivity index (χ1) is 17.3. The number of hydrogen-bond donors (Lipinski definition) is 0. The van der Waals surface area contributed by atoms with Crippen LogP contribution in [0.3, 0.4) is 0 Å². The molecule has 188 valence electrons. The van der Waals surface area contributed by atoms with E-state index < -0.39 is 0 Å². The van der Waals surface area contributed by atoms with E-state index in [1.54, 1.807) is 23.5 Å². The Morgan fingerprint density at radius 2 is 1.89 bits per heavy atom. The van der Waals surface area contributed by atoms with Crippen molar-refractivity contribution in [1.29, 1.82) is 5.26 Å². The zero-order valence-corrected chi connectivity index (χ0v) is 22.7. The van der Waals surface area contributed by atoms with E-state index in [1.807, 2.05) is 37.3 Å². The lowest BCUT2D eigenvalue weighted by atomic mass is 9.97. The number of ether oxygens (including phenoxy) is 1. The maximum absolute atomic E-state index is 13.4. The third-order valence-corrected chi connectivity index (χ3v) is 8.27. The van der Waals surface area contributed by atoms with Crippen LogP contribution in [0.25, 0.3) is 6.08 Å². The number of thiocarbonyl (C=S) groups is 1. The van der Waals surface area contributed by atoms with Crippen molar-refractivity contribution in [3.05, 3.63) is 61.8 Å². The lowest BCUT2D eigenvalue weighted by Gasteiger charge is -2.35. The highest BCUT2D eigenvalue weighted by atomic mass is 32.2. The van der Waals surface area contributed by atoms with Gasteiger partial charge >= 0.3 is 0 Å². The summed E-state index contributed by atoms with van der Waals surface area (Å²) in [4.78, 5) is 30.9. The number of pyridine rings is 1. The molecule has 0 saturated carbocycles. The smallest absolute Gasteiger partial charge is 0.270 e. The van der Waals surface area contributed by atoms with Crippen LogP contribution < -0.4 is 15.2 Å². The monoisotopic (exact) mass is 522 g/mol. The lowest BCUT2D eigenvalue weighted by molar-refractivity contribution is -0.122. The molecule has 0 bridgehead atoms. The second kappa shape index (κ2) is 10.9. The van der Waals surface area contributed by atoms with E-state index in [4.69, 9.17) is 17.0 Å². The molecule has 0 N–H and O–H groups in total. The fourth-order valence-corrected chi connectivity index (χ4v) is 5.92. The minimum Gasteiger partial charge on any atom is -0.497 e. The molecular formula is C27H30N4O3S2. The number of benzene rings is 1. The average Bonchev–Trinajstić information content (AvgIpc) is 3.14. The standard InChI is InChI=1S/C27H30N4O3S2/c1-5-30-24(29-12-10-17(2)11-13-29)21(18(3)22(15-28)25(30)32)14-23-26(33)31(27(35)36-23)16-19-6-8-20(34-4)9-7-19/h6-9,14,17H,5,10-13,16H2,1-4H3/b23-14-. The number of piperidine rings is 1. The predicted molar refractivity (Wildman–Crippen MR) is 148 cm³/mol. The number of aromatic nitrogens is 1. The third kappa shape index (κ3) is 4.93. The normalized spacial score (nSPS) is 17.7. The van der Waals surface area contributed by atoms with Gasteiger partial charge in [0, 0.05) is 25.2 Å². The Morgan fingerprint density at radius 1 is 1.22 bits per heavy atom. The Balaban J connectivity index is 1.76. The van der Waals surface area contributed by atoms with Gasteiger partial charge in [-0.1, -0.05) is 43.0 Å². The Kier molecular flexibility index (Phi) is 7.86. The van der Waals surface area contributed by atoms with E-state index in [1.165, 1.54) is 11.8 Å². The molecule has 2 aliphatic rings. The highest BCUT2D eigenvalue weighted by molar-refractivity contribution is 8.26. The van der Waals surface area contributed by atoms with Crippen molar-refractivity contribution in [2.75, 3.05) is 25.1 Å². The summed E-state index contributed by atoms with van der Waals surface area (Å²) < 4.78 is 7.37. The molecular weight excluding hydrogens is 492 g/mol. The number of anilines is 1. The largest absolute Gasteiger partial charge is 0.497 e. The summed E-state index contributed by atoms with van der Waals surface area (Å²) in [6.07, 6.45) is 3.88. The number of methoxy groups -OCH3 is 1. The molecule has 9 heteroatoms. The van der Waals surface area contributed by atoms with E-state index in [-0.39, 0.29) is 17.0 Å². The van der Waals surface area contributed by atoms with Crippen molar-refractivity contribution in [3.63, 3.8) is 0 Å². The molecule has 0 radical (unpaired) electrons. The van der Waals surface area contributed by atoms with Crippen molar-refractivity contribution in [2.45, 2.75) is 46.7 Å². The summed E-state index contributed by atoms with van der Waals surface area (Å²) in [5.41, 5.74) is 2.12. The number of rotatable bonds is 6. The van der Waals surface area contributed by atoms with E-state index >= 15 is 0 Å². The van der Waals surface area contributed by atoms with Gasteiger partial charge in [0.15, 0.2) is 0 Å². The van der Waals surface area contributed by atoms with Gasteiger partial charge in [0.25, 0.3) is 11.5 Å². The fraction of sp³-hybridized carbons (Fsp3) is 0.407. The van der Waals surface area contributed by atoms with Crippen LogP contribution in [0.15, 0.2) is 34.0 Å². The molecule has 1 amide bonds. The van der Waals surface area contributed by atoms with Crippen molar-refractivity contribution in [2.24, 2.45) is 5.92 Å². The highest BCUT2D eigenvalue weighted by Crippen LogP contribution is 2.37. The second-order valence-corrected chi connectivity index (χ2v) is 10.9. The summed E-state index contributed by atoms with van der Waals surface area (Å²) in [5.74, 6) is 1.98. The minimum absolute atomic E-state index is 0.117. The van der Waals surface area contributed by atoms with Gasteiger partial charge in [-0.15, -0.1) is 0 Å². The number of amides is 1. The highest BCUT2D eigenvalue weighted by Gasteiger charge is 2.33. The molecule has 2 aliphatic heterocycles. The molecule has 0 aliphatic carbocycles. The first kappa shape index (κ1) is 26.0. The van der Waals surface area contributed by atoms with Crippen LogP contribution in [0.5, 0.6) is 5.75 Å². The zero-order chi connectivity index (χ0) is 26.0. The van der Waals surface area contributed by atoms with Gasteiger partial charge in [0.05, 0.1) is 18.6 Å². The van der Waals surface area contributed by atoms with Crippen molar-refractivity contribution in [1.82, 2.24) is 9.47 Å². The van der Waals surface area contributed by atoms with Gasteiger partial charge in [-0.25, -0.2) is 0 Å². The number of nitriles is 1. The topological polar surface area (TPSA) is 78.6 Å². The first-order valence-electron chi connectivity index (χ1n) is 12.1. The SMILES string of the molecule is CCn1c(N2CCC(C)CC2)c(/C=C2\SC(=S)N(Cc3ccc(OC)cc3)C2=O)c(C)c(C#N)c1=O. The number of nitrogens with zero attached hydrogens (tertiary/aromatic N) is 4. The molecule has 1 aromatic heterocycles. The van der Waals surface area contributed by atoms with Crippen LogP contribution in [-0.4, -0.2) is 39.9 Å². The second-order valence-electron chi connectivity index (χ2n) is 9.18. The molecule has 4 rings (SSSR count). The van der Waals surface area contributed by atoms with Crippen LogP contribution in [0.4, 0.5) is 5.82 Å². The molecule has 2 fully saturated rings. The molecule has 36 heavy (non-hydrogen) atoms. The van der Waals surface area contributed by atoms with Gasteiger partial charge in [0.2, 0.25) is 0 Å². The Hall–Kier alpha value is -3.09. The molecule has 0 unspecified atom stereocenters. The van der Waals surface area contributed by atoms with Crippen LogP contribution in [0.1, 0.15) is 48.9 Å². The van der Waals surface area contributed by atoms with Crippen LogP contribution >= 0.6 is 24.0 Å².